The zero-order valence-corrected chi connectivity index (χ0v) is 12.0. The van der Waals surface area contributed by atoms with E-state index in [2.05, 4.69) is 5.32 Å². The molecule has 0 heterocycles. The second-order valence-corrected chi connectivity index (χ2v) is 4.66. The van der Waals surface area contributed by atoms with Crippen molar-refractivity contribution in [3.05, 3.63) is 53.1 Å². The summed E-state index contributed by atoms with van der Waals surface area (Å²) < 4.78 is 5.25. The summed E-state index contributed by atoms with van der Waals surface area (Å²) in [7, 11) is 1.52. The van der Waals surface area contributed by atoms with Gasteiger partial charge in [0.1, 0.15) is 11.5 Å². The van der Waals surface area contributed by atoms with Crippen molar-refractivity contribution in [3.63, 3.8) is 0 Å². The number of ether oxygens (including phenoxy) is 1. The first-order valence-electron chi connectivity index (χ1n) is 6.53. The van der Waals surface area contributed by atoms with Gasteiger partial charge in [-0.3, -0.25) is 4.79 Å². The Morgan fingerprint density at radius 3 is 2.76 bits per heavy atom. The maximum absolute atomic E-state index is 12.3. The number of anilines is 1. The van der Waals surface area contributed by atoms with Gasteiger partial charge in [0, 0.05) is 6.54 Å². The third-order valence-corrected chi connectivity index (χ3v) is 3.23. The maximum atomic E-state index is 12.3. The predicted molar refractivity (Wildman–Crippen MR) is 81.7 cm³/mol. The van der Waals surface area contributed by atoms with E-state index in [1.54, 1.807) is 37.3 Å². The molecule has 0 bridgehead atoms. The molecule has 0 saturated carbocycles. The molecular formula is C16H18N2O3. The number of carbonyl (C=O) groups excluding carboxylic acids is 1. The van der Waals surface area contributed by atoms with Crippen LogP contribution in [0, 0.1) is 6.92 Å². The van der Waals surface area contributed by atoms with Gasteiger partial charge in [-0.25, -0.2) is 0 Å². The minimum Gasteiger partial charge on any atom is -0.507 e. The fraction of sp³-hybridized carbons (Fsp3) is 0.188. The van der Waals surface area contributed by atoms with Gasteiger partial charge in [-0.1, -0.05) is 18.2 Å². The maximum Gasteiger partial charge on any atom is 0.259 e. The van der Waals surface area contributed by atoms with Crippen molar-refractivity contribution in [2.75, 3.05) is 12.4 Å². The second-order valence-electron chi connectivity index (χ2n) is 4.66. The number of rotatable bonds is 4. The number of carbonyl (C=O) groups is 1. The molecule has 0 aromatic heterocycles. The van der Waals surface area contributed by atoms with Crippen LogP contribution in [-0.4, -0.2) is 18.1 Å². The zero-order valence-electron chi connectivity index (χ0n) is 12.0. The topological polar surface area (TPSA) is 84.6 Å². The zero-order chi connectivity index (χ0) is 15.4. The summed E-state index contributed by atoms with van der Waals surface area (Å²) in [5, 5.41) is 12.7. The molecule has 5 heteroatoms. The van der Waals surface area contributed by atoms with E-state index in [0.29, 0.717) is 23.5 Å². The standard InChI is InChI=1S/C16H18N2O3/c1-10-4-3-5-12(15(10)19)16(20)18-13-7-6-11(9-17)8-14(13)21-2/h3-8,19H,9,17H2,1-2H3,(H,18,20). The molecule has 2 rings (SSSR count). The van der Waals surface area contributed by atoms with Crippen LogP contribution in [0.4, 0.5) is 5.69 Å². The fourth-order valence-electron chi connectivity index (χ4n) is 2.00. The molecule has 0 aliphatic heterocycles. The molecule has 0 aliphatic rings. The average Bonchev–Trinajstić information content (AvgIpc) is 2.50. The number of hydrogen-bond donors (Lipinski definition) is 3. The lowest BCUT2D eigenvalue weighted by molar-refractivity contribution is 0.102. The van der Waals surface area contributed by atoms with Gasteiger partial charge in [-0.2, -0.15) is 0 Å². The Balaban J connectivity index is 2.29. The average molecular weight is 286 g/mol. The summed E-state index contributed by atoms with van der Waals surface area (Å²) in [6.07, 6.45) is 0. The molecule has 0 spiro atoms. The molecule has 5 nitrogen and oxygen atoms in total. The molecule has 2 aromatic rings. The lowest BCUT2D eigenvalue weighted by Gasteiger charge is -2.12. The number of phenols is 1. The van der Waals surface area contributed by atoms with Crippen LogP contribution < -0.4 is 15.8 Å². The minimum atomic E-state index is -0.394. The number of benzene rings is 2. The number of aryl methyl sites for hydroxylation is 1. The third kappa shape index (κ3) is 3.14. The van der Waals surface area contributed by atoms with Gasteiger partial charge < -0.3 is 20.9 Å². The number of nitrogens with two attached hydrogens (primary N) is 1. The molecule has 2 aromatic carbocycles. The van der Waals surface area contributed by atoms with Crippen LogP contribution in [0.2, 0.25) is 0 Å². The van der Waals surface area contributed by atoms with E-state index in [1.165, 1.54) is 7.11 Å². The van der Waals surface area contributed by atoms with Crippen molar-refractivity contribution >= 4 is 11.6 Å². The molecule has 0 radical (unpaired) electrons. The summed E-state index contributed by atoms with van der Waals surface area (Å²) >= 11 is 0. The van der Waals surface area contributed by atoms with E-state index in [0.717, 1.165) is 5.56 Å². The smallest absolute Gasteiger partial charge is 0.259 e. The highest BCUT2D eigenvalue weighted by atomic mass is 16.5. The van der Waals surface area contributed by atoms with Crippen molar-refractivity contribution in [3.8, 4) is 11.5 Å². The first kappa shape index (κ1) is 14.9. The molecule has 0 fully saturated rings. The number of methoxy groups -OCH3 is 1. The predicted octanol–water partition coefficient (Wildman–Crippen LogP) is 2.42. The second kappa shape index (κ2) is 6.28. The molecule has 0 aliphatic carbocycles. The van der Waals surface area contributed by atoms with E-state index in [-0.39, 0.29) is 11.3 Å². The van der Waals surface area contributed by atoms with E-state index >= 15 is 0 Å². The molecule has 0 unspecified atom stereocenters. The van der Waals surface area contributed by atoms with Crippen molar-refractivity contribution in [1.29, 1.82) is 0 Å². The Labute approximate surface area is 123 Å². The van der Waals surface area contributed by atoms with Gasteiger partial charge in [0.05, 0.1) is 18.4 Å². The van der Waals surface area contributed by atoms with Crippen LogP contribution in [0.25, 0.3) is 0 Å². The normalized spacial score (nSPS) is 10.2. The summed E-state index contributed by atoms with van der Waals surface area (Å²) in [6, 6.07) is 10.3. The highest BCUT2D eigenvalue weighted by Gasteiger charge is 2.14. The van der Waals surface area contributed by atoms with Crippen LogP contribution in [0.15, 0.2) is 36.4 Å². The Bertz CT molecular complexity index is 669. The van der Waals surface area contributed by atoms with E-state index in [4.69, 9.17) is 10.5 Å². The lowest BCUT2D eigenvalue weighted by atomic mass is 10.1. The largest absolute Gasteiger partial charge is 0.507 e. The van der Waals surface area contributed by atoms with Gasteiger partial charge in [0.25, 0.3) is 5.91 Å². The first-order valence-corrected chi connectivity index (χ1v) is 6.53. The Kier molecular flexibility index (Phi) is 4.45. The van der Waals surface area contributed by atoms with Crippen molar-refractivity contribution in [2.45, 2.75) is 13.5 Å². The highest BCUT2D eigenvalue weighted by Crippen LogP contribution is 2.28. The Morgan fingerprint density at radius 1 is 1.33 bits per heavy atom. The number of phenolic OH excluding ortho intramolecular Hbond substituents is 1. The quantitative estimate of drug-likeness (QED) is 0.806. The van der Waals surface area contributed by atoms with Crippen LogP contribution in [0.1, 0.15) is 21.5 Å². The summed E-state index contributed by atoms with van der Waals surface area (Å²) in [4.78, 5) is 12.3. The molecule has 0 saturated heterocycles. The SMILES string of the molecule is COc1cc(CN)ccc1NC(=O)c1cccc(C)c1O. The van der Waals surface area contributed by atoms with Crippen LogP contribution >= 0.6 is 0 Å². The molecule has 21 heavy (non-hydrogen) atoms. The molecule has 110 valence electrons. The van der Waals surface area contributed by atoms with E-state index < -0.39 is 5.91 Å². The van der Waals surface area contributed by atoms with Crippen LogP contribution in [0.5, 0.6) is 11.5 Å². The number of aromatic hydroxyl groups is 1. The van der Waals surface area contributed by atoms with E-state index in [9.17, 15) is 9.90 Å². The van der Waals surface area contributed by atoms with Crippen LogP contribution in [-0.2, 0) is 6.54 Å². The number of amides is 1. The summed E-state index contributed by atoms with van der Waals surface area (Å²) in [6.45, 7) is 2.13. The van der Waals surface area contributed by atoms with Gasteiger partial charge in [0.2, 0.25) is 0 Å². The van der Waals surface area contributed by atoms with Gasteiger partial charge in [-0.05, 0) is 36.2 Å². The van der Waals surface area contributed by atoms with Gasteiger partial charge >= 0.3 is 0 Å². The Morgan fingerprint density at radius 2 is 2.10 bits per heavy atom. The first-order chi connectivity index (χ1) is 10.1. The number of nitrogens with one attached hydrogen (secondary N) is 1. The highest BCUT2D eigenvalue weighted by molar-refractivity contribution is 6.07. The summed E-state index contributed by atoms with van der Waals surface area (Å²) in [5.41, 5.74) is 7.88. The van der Waals surface area contributed by atoms with Crippen molar-refractivity contribution in [1.82, 2.24) is 0 Å². The van der Waals surface area contributed by atoms with Crippen LogP contribution in [0.3, 0.4) is 0 Å². The lowest BCUT2D eigenvalue weighted by Crippen LogP contribution is -2.13. The molecule has 4 N–H and O–H groups in total. The van der Waals surface area contributed by atoms with Crippen molar-refractivity contribution < 1.29 is 14.6 Å². The number of para-hydroxylation sites is 1. The molecule has 1 amide bonds. The van der Waals surface area contributed by atoms with Gasteiger partial charge in [-0.15, -0.1) is 0 Å². The molecular weight excluding hydrogens is 268 g/mol. The fourth-order valence-corrected chi connectivity index (χ4v) is 2.00. The monoisotopic (exact) mass is 286 g/mol. The van der Waals surface area contributed by atoms with Crippen molar-refractivity contribution in [2.24, 2.45) is 5.73 Å². The third-order valence-electron chi connectivity index (χ3n) is 3.23. The number of hydrogen-bond acceptors (Lipinski definition) is 4. The molecule has 0 atom stereocenters. The Hall–Kier alpha value is -2.53. The van der Waals surface area contributed by atoms with Gasteiger partial charge in [0.15, 0.2) is 0 Å². The summed E-state index contributed by atoms with van der Waals surface area (Å²) in [5.74, 6) is 0.112. The van der Waals surface area contributed by atoms with E-state index in [1.807, 2.05) is 6.07 Å². The minimum absolute atomic E-state index is 0.0208.